The summed E-state index contributed by atoms with van der Waals surface area (Å²) in [6.07, 6.45) is -7.17. The summed E-state index contributed by atoms with van der Waals surface area (Å²) in [5.74, 6) is -1.62. The minimum atomic E-state index is -5.59. The van der Waals surface area contributed by atoms with Crippen LogP contribution in [-0.2, 0) is 50.7 Å². The van der Waals surface area contributed by atoms with E-state index in [1.165, 1.54) is 13.8 Å². The van der Waals surface area contributed by atoms with Gasteiger partial charge < -0.3 is 61.3 Å². The zero-order valence-electron chi connectivity index (χ0n) is 28.8. The quantitative estimate of drug-likeness (QED) is 0.0231. The predicted molar refractivity (Wildman–Crippen MR) is 185 cm³/mol. The fourth-order valence-electron chi connectivity index (χ4n) is 4.45. The number of aromatic nitrogens is 4. The van der Waals surface area contributed by atoms with E-state index in [4.69, 9.17) is 19.5 Å². The van der Waals surface area contributed by atoms with E-state index >= 15 is 0 Å². The first-order chi connectivity index (χ1) is 25.3. The van der Waals surface area contributed by atoms with Crippen molar-refractivity contribution in [2.75, 3.05) is 37.8 Å². The van der Waals surface area contributed by atoms with Crippen LogP contribution in [-0.4, -0.2) is 133 Å². The number of imidazole rings is 1. The maximum absolute atomic E-state index is 12.6. The number of thioether (sulfide) groups is 1. The highest BCUT2D eigenvalue weighted by molar-refractivity contribution is 8.15. The van der Waals surface area contributed by atoms with Crippen LogP contribution < -0.4 is 16.4 Å². The van der Waals surface area contributed by atoms with E-state index < -0.39 is 100 Å². The number of ether oxygens (including phenoxy) is 1. The van der Waals surface area contributed by atoms with Crippen molar-refractivity contribution in [2.24, 2.45) is 5.41 Å². The number of nitrogens with two attached hydrogens (primary N) is 1. The summed E-state index contributed by atoms with van der Waals surface area (Å²) in [5, 5.41) is 46.4. The molecule has 1 aliphatic rings. The summed E-state index contributed by atoms with van der Waals surface area (Å²) >= 11 is 0.628. The van der Waals surface area contributed by atoms with Gasteiger partial charge >= 0.3 is 23.5 Å². The largest absolute Gasteiger partial charge is 0.612 e. The molecule has 0 radical (unpaired) electrons. The molecule has 27 nitrogen and oxygen atoms in total. The second-order valence-corrected chi connectivity index (χ2v) is 17.4. The molecule has 2 unspecified atom stereocenters. The Morgan fingerprint density at radius 2 is 1.75 bits per heavy atom. The van der Waals surface area contributed by atoms with Crippen molar-refractivity contribution in [1.82, 2.24) is 30.2 Å². The van der Waals surface area contributed by atoms with Crippen LogP contribution in [0.1, 0.15) is 33.4 Å². The minimum absolute atomic E-state index is 0.0159. The van der Waals surface area contributed by atoms with Gasteiger partial charge in [0.15, 0.2) is 17.7 Å². The number of phosphoric acid groups is 3. The van der Waals surface area contributed by atoms with Gasteiger partial charge in [0.05, 0.1) is 19.5 Å². The van der Waals surface area contributed by atoms with Crippen LogP contribution in [0.3, 0.4) is 0 Å². The first kappa shape index (κ1) is 46.2. The number of carbonyl (C=O) groups is 3. The molecule has 7 atom stereocenters. The standard InChI is InChI=1S/C24H38N8O19P3S/c1-12(32(38)39)23(37)55-7-6-26-14(33)4-5-27-21(36)18(35)24(2,3)9-48-54(45,46)51-53(43,44)47-8-13-17(50-52(40,41)42)16(34)22(49-13)31-11-30-15-19(25)28-10-29-20(15)31/h10-11,13,16-18,22,34-35H,4-9H2,1-3H3,(H8-,25,26,27,28,29,33,36,37,38,39,40,41,42,43,44,45,46)/q-1/t13-,16-,17-,18+,22-/m1/s1. The van der Waals surface area contributed by atoms with E-state index in [1.54, 1.807) is 0 Å². The summed E-state index contributed by atoms with van der Waals surface area (Å²) in [6, 6.07) is 0. The number of aliphatic hydroxyl groups excluding tert-OH is 2. The molecular formula is C24H38N8O19P3S-. The van der Waals surface area contributed by atoms with Crippen molar-refractivity contribution in [3.63, 3.8) is 0 Å². The number of anilines is 1. The highest BCUT2D eigenvalue weighted by Gasteiger charge is 2.50. The van der Waals surface area contributed by atoms with Gasteiger partial charge in [0.1, 0.15) is 36.3 Å². The highest BCUT2D eigenvalue weighted by Crippen LogP contribution is 2.61. The zero-order chi connectivity index (χ0) is 41.5. The molecule has 2 aromatic rings. The number of fused-ring (bicyclic) bond motifs is 1. The third kappa shape index (κ3) is 13.5. The number of carbonyl (C=O) groups excluding carboxylic acids is 3. The summed E-state index contributed by atoms with van der Waals surface area (Å²) in [5.41, 5.74) is 3.61. The Kier molecular flexibility index (Phi) is 15.8. The Morgan fingerprint density at radius 1 is 1.09 bits per heavy atom. The van der Waals surface area contributed by atoms with E-state index in [2.05, 4.69) is 34.4 Å². The van der Waals surface area contributed by atoms with Crippen molar-refractivity contribution in [3.05, 3.63) is 23.1 Å². The van der Waals surface area contributed by atoms with Crippen LogP contribution in [0.4, 0.5) is 5.82 Å². The number of aliphatic hydroxyl groups is 2. The molecule has 3 heterocycles. The van der Waals surface area contributed by atoms with Crippen LogP contribution in [0.15, 0.2) is 12.7 Å². The van der Waals surface area contributed by atoms with E-state index in [-0.39, 0.29) is 42.2 Å². The molecule has 1 fully saturated rings. The molecule has 0 aromatic carbocycles. The molecule has 310 valence electrons. The van der Waals surface area contributed by atoms with Gasteiger partial charge in [0, 0.05) is 37.6 Å². The van der Waals surface area contributed by atoms with Gasteiger partial charge in [0.25, 0.3) is 5.12 Å². The van der Waals surface area contributed by atoms with Gasteiger partial charge in [-0.05, 0) is 0 Å². The lowest BCUT2D eigenvalue weighted by Gasteiger charge is -2.30. The highest BCUT2D eigenvalue weighted by atomic mass is 32.2. The van der Waals surface area contributed by atoms with E-state index in [1.807, 2.05) is 0 Å². The van der Waals surface area contributed by atoms with Crippen LogP contribution >= 0.6 is 35.2 Å². The smallest absolute Gasteiger partial charge is 0.481 e. The molecule has 3 rings (SSSR count). The lowest BCUT2D eigenvalue weighted by atomic mass is 9.87. The number of hydrogen-bond acceptors (Lipinski definition) is 20. The second-order valence-electron chi connectivity index (χ2n) is 12.0. The van der Waals surface area contributed by atoms with Crippen LogP contribution in [0, 0.1) is 15.8 Å². The normalized spacial score (nSPS) is 21.7. The van der Waals surface area contributed by atoms with Gasteiger partial charge in [-0.1, -0.05) is 25.6 Å². The Hall–Kier alpha value is -3.17. The first-order valence-electron chi connectivity index (χ1n) is 15.4. The average molecular weight is 868 g/mol. The van der Waals surface area contributed by atoms with Crippen LogP contribution in [0.5, 0.6) is 0 Å². The molecule has 1 aliphatic heterocycles. The molecule has 0 spiro atoms. The molecule has 31 heteroatoms. The van der Waals surface area contributed by atoms with Crippen LogP contribution in [0.2, 0.25) is 0 Å². The van der Waals surface area contributed by atoms with Gasteiger partial charge in [-0.3, -0.25) is 32.5 Å². The molecular weight excluding hydrogens is 829 g/mol. The van der Waals surface area contributed by atoms with Gasteiger partial charge in [-0.15, -0.1) is 0 Å². The molecule has 55 heavy (non-hydrogen) atoms. The van der Waals surface area contributed by atoms with E-state index in [0.717, 1.165) is 24.1 Å². The first-order valence-corrected chi connectivity index (χ1v) is 20.9. The monoisotopic (exact) mass is 867 g/mol. The number of amides is 2. The Labute approximate surface area is 314 Å². The lowest BCUT2D eigenvalue weighted by Crippen LogP contribution is -2.46. The molecule has 2 amide bonds. The molecule has 0 saturated carbocycles. The molecule has 1 saturated heterocycles. The van der Waals surface area contributed by atoms with Crippen molar-refractivity contribution in [3.8, 4) is 0 Å². The summed E-state index contributed by atoms with van der Waals surface area (Å²) < 4.78 is 61.8. The SMILES string of the molecule is CC(C(=O)SCCNC(=O)CCNC(=O)[C@H](O)C(C)(C)COP(=O)(O)OP(=O)(O)OC[C@H]1O[C@@H](n2cnc3c(N)ncnc32)[C@H](O)[C@@H]1OP(=O)(O)O)=[N+]([O-])[O-]. The minimum Gasteiger partial charge on any atom is -0.612 e. The number of nitrogens with one attached hydrogen (secondary N) is 2. The molecule has 0 bridgehead atoms. The van der Waals surface area contributed by atoms with Crippen molar-refractivity contribution < 1.29 is 85.4 Å². The Balaban J connectivity index is 1.51. The van der Waals surface area contributed by atoms with Crippen molar-refractivity contribution in [1.29, 1.82) is 0 Å². The third-order valence-electron chi connectivity index (χ3n) is 7.30. The van der Waals surface area contributed by atoms with E-state index in [9.17, 15) is 68.3 Å². The topological polar surface area (TPSA) is 413 Å². The van der Waals surface area contributed by atoms with Crippen molar-refractivity contribution >= 4 is 74.9 Å². The second kappa shape index (κ2) is 18.8. The predicted octanol–water partition coefficient (Wildman–Crippen LogP) is -1.87. The number of rotatable bonds is 20. The third-order valence-corrected chi connectivity index (χ3v) is 11.4. The summed E-state index contributed by atoms with van der Waals surface area (Å²) in [4.78, 5) is 86.0. The number of phosphoric ester groups is 3. The number of hydrogen-bond donors (Lipinski definition) is 9. The Morgan fingerprint density at radius 3 is 2.38 bits per heavy atom. The average Bonchev–Trinajstić information content (AvgIpc) is 3.64. The zero-order valence-corrected chi connectivity index (χ0v) is 32.3. The van der Waals surface area contributed by atoms with Gasteiger partial charge in [0.2, 0.25) is 17.5 Å². The van der Waals surface area contributed by atoms with E-state index in [0.29, 0.717) is 11.8 Å². The fourth-order valence-corrected chi connectivity index (χ4v) is 7.95. The van der Waals surface area contributed by atoms with Crippen molar-refractivity contribution in [2.45, 2.75) is 57.8 Å². The fraction of sp³-hybridized carbons (Fsp3) is 0.625. The Bertz CT molecular complexity index is 1890. The number of nitrogen functional groups attached to an aromatic ring is 1. The molecule has 0 aliphatic carbocycles. The lowest BCUT2D eigenvalue weighted by molar-refractivity contribution is -0.378. The summed E-state index contributed by atoms with van der Waals surface area (Å²) in [7, 11) is -16.5. The molecule has 2 aromatic heterocycles. The molecule has 10 N–H and O–H groups in total. The van der Waals surface area contributed by atoms with Gasteiger partial charge in [-0.2, -0.15) is 9.21 Å². The maximum atomic E-state index is 12.6. The van der Waals surface area contributed by atoms with Gasteiger partial charge in [-0.25, -0.2) is 28.6 Å². The summed E-state index contributed by atoms with van der Waals surface area (Å²) in [6.45, 7) is 1.08. The maximum Gasteiger partial charge on any atom is 0.481 e. The van der Waals surface area contributed by atoms with Crippen LogP contribution in [0.25, 0.3) is 11.2 Å². The number of nitrogens with zero attached hydrogens (tertiary/aromatic N) is 5.